The van der Waals surface area contributed by atoms with Crippen molar-refractivity contribution in [3.05, 3.63) is 0 Å². The Morgan fingerprint density at radius 1 is 1.31 bits per heavy atom. The summed E-state index contributed by atoms with van der Waals surface area (Å²) in [6.45, 7) is 9.10. The van der Waals surface area contributed by atoms with Gasteiger partial charge in [-0.25, -0.2) is 0 Å². The van der Waals surface area contributed by atoms with Crippen LogP contribution in [-0.2, 0) is 4.79 Å². The molecule has 0 fully saturated rings. The summed E-state index contributed by atoms with van der Waals surface area (Å²) in [4.78, 5) is 11.3. The first kappa shape index (κ1) is 15.8. The molecule has 4 heteroatoms. The van der Waals surface area contributed by atoms with Gasteiger partial charge in [-0.2, -0.15) is 11.8 Å². The van der Waals surface area contributed by atoms with Gasteiger partial charge in [0.15, 0.2) is 0 Å². The van der Waals surface area contributed by atoms with Crippen LogP contribution in [0.5, 0.6) is 0 Å². The molecule has 0 aliphatic carbocycles. The molecule has 0 radical (unpaired) electrons. The van der Waals surface area contributed by atoms with Crippen molar-refractivity contribution in [2.75, 3.05) is 18.1 Å². The number of nitrogens with one attached hydrogen (secondary N) is 2. The molecule has 1 amide bonds. The second-order valence-corrected chi connectivity index (χ2v) is 5.71. The Morgan fingerprint density at radius 3 is 2.56 bits per heavy atom. The molecule has 0 saturated heterocycles. The summed E-state index contributed by atoms with van der Waals surface area (Å²) in [5.41, 5.74) is 0. The Morgan fingerprint density at radius 2 is 2.00 bits per heavy atom. The Kier molecular flexibility index (Phi) is 9.83. The van der Waals surface area contributed by atoms with E-state index < -0.39 is 0 Å². The average molecular weight is 246 g/mol. The number of hydrogen-bond donors (Lipinski definition) is 2. The van der Waals surface area contributed by atoms with Gasteiger partial charge in [-0.3, -0.25) is 4.79 Å². The number of amides is 1. The lowest BCUT2D eigenvalue weighted by molar-refractivity contribution is -0.121. The van der Waals surface area contributed by atoms with E-state index in [0.717, 1.165) is 6.54 Å². The maximum atomic E-state index is 11.3. The molecule has 0 saturated carbocycles. The molecule has 0 heterocycles. The van der Waals surface area contributed by atoms with Crippen molar-refractivity contribution in [3.63, 3.8) is 0 Å². The van der Waals surface area contributed by atoms with Gasteiger partial charge in [-0.15, -0.1) is 0 Å². The fourth-order valence-corrected chi connectivity index (χ4v) is 2.14. The lowest BCUT2D eigenvalue weighted by Crippen LogP contribution is -2.35. The van der Waals surface area contributed by atoms with Crippen LogP contribution < -0.4 is 10.6 Å². The SMILES string of the molecule is CCSCCC(C)NCCC(=O)NC(C)C. The Balaban J connectivity index is 3.39. The van der Waals surface area contributed by atoms with Crippen molar-refractivity contribution in [2.24, 2.45) is 0 Å². The number of hydrogen-bond acceptors (Lipinski definition) is 3. The van der Waals surface area contributed by atoms with Crippen LogP contribution in [0.1, 0.15) is 40.5 Å². The summed E-state index contributed by atoms with van der Waals surface area (Å²) in [6, 6.07) is 0.747. The summed E-state index contributed by atoms with van der Waals surface area (Å²) in [5, 5.41) is 6.26. The van der Waals surface area contributed by atoms with Crippen LogP contribution in [0.15, 0.2) is 0 Å². The van der Waals surface area contributed by atoms with E-state index >= 15 is 0 Å². The molecule has 3 nitrogen and oxygen atoms in total. The molecule has 0 bridgehead atoms. The third kappa shape index (κ3) is 10.3. The molecule has 0 rings (SSSR count). The molecule has 0 aromatic carbocycles. The van der Waals surface area contributed by atoms with Gasteiger partial charge in [0.05, 0.1) is 0 Å². The van der Waals surface area contributed by atoms with Crippen LogP contribution in [-0.4, -0.2) is 36.0 Å². The summed E-state index contributed by atoms with van der Waals surface area (Å²) < 4.78 is 0. The first-order chi connectivity index (χ1) is 7.56. The summed E-state index contributed by atoms with van der Waals surface area (Å²) in [5.74, 6) is 2.52. The third-order valence-corrected chi connectivity index (χ3v) is 3.13. The van der Waals surface area contributed by atoms with Crippen molar-refractivity contribution >= 4 is 17.7 Å². The Labute approximate surface area is 104 Å². The van der Waals surface area contributed by atoms with Gasteiger partial charge >= 0.3 is 0 Å². The molecule has 0 aromatic rings. The van der Waals surface area contributed by atoms with Crippen LogP contribution in [0.3, 0.4) is 0 Å². The molecule has 0 aliphatic rings. The predicted octanol–water partition coefficient (Wildman–Crippen LogP) is 2.02. The van der Waals surface area contributed by atoms with Crippen LogP contribution >= 0.6 is 11.8 Å². The van der Waals surface area contributed by atoms with Crippen molar-refractivity contribution < 1.29 is 4.79 Å². The molecule has 0 spiro atoms. The van der Waals surface area contributed by atoms with E-state index in [2.05, 4.69) is 24.5 Å². The molecule has 1 atom stereocenters. The van der Waals surface area contributed by atoms with E-state index in [9.17, 15) is 4.79 Å². The highest BCUT2D eigenvalue weighted by molar-refractivity contribution is 7.99. The van der Waals surface area contributed by atoms with Crippen molar-refractivity contribution in [3.8, 4) is 0 Å². The second kappa shape index (κ2) is 9.97. The highest BCUT2D eigenvalue weighted by Crippen LogP contribution is 2.03. The molecule has 16 heavy (non-hydrogen) atoms. The fourth-order valence-electron chi connectivity index (χ4n) is 1.33. The maximum Gasteiger partial charge on any atom is 0.221 e. The number of carbonyl (C=O) groups is 1. The molecule has 1 unspecified atom stereocenters. The van der Waals surface area contributed by atoms with E-state index in [0.29, 0.717) is 12.5 Å². The monoisotopic (exact) mass is 246 g/mol. The molecular formula is C12H26N2OS. The third-order valence-electron chi connectivity index (χ3n) is 2.19. The molecule has 2 N–H and O–H groups in total. The van der Waals surface area contributed by atoms with E-state index in [1.807, 2.05) is 25.6 Å². The van der Waals surface area contributed by atoms with Crippen molar-refractivity contribution in [1.29, 1.82) is 0 Å². The lowest BCUT2D eigenvalue weighted by atomic mass is 10.2. The zero-order valence-electron chi connectivity index (χ0n) is 11.0. The summed E-state index contributed by atoms with van der Waals surface area (Å²) in [7, 11) is 0. The van der Waals surface area contributed by atoms with Gasteiger partial charge in [0.25, 0.3) is 0 Å². The quantitative estimate of drug-likeness (QED) is 0.612. The topological polar surface area (TPSA) is 41.1 Å². The number of thioether (sulfide) groups is 1. The fraction of sp³-hybridized carbons (Fsp3) is 0.917. The van der Waals surface area contributed by atoms with Crippen LogP contribution in [0.25, 0.3) is 0 Å². The van der Waals surface area contributed by atoms with Crippen molar-refractivity contribution in [2.45, 2.75) is 52.6 Å². The summed E-state index contributed by atoms with van der Waals surface area (Å²) >= 11 is 1.97. The normalized spacial score (nSPS) is 12.8. The predicted molar refractivity (Wildman–Crippen MR) is 73.0 cm³/mol. The zero-order valence-corrected chi connectivity index (χ0v) is 11.8. The first-order valence-electron chi connectivity index (χ1n) is 6.16. The average Bonchev–Trinajstić information content (AvgIpc) is 2.17. The number of carbonyl (C=O) groups excluding carboxylic acids is 1. The van der Waals surface area contributed by atoms with Gasteiger partial charge in [0.2, 0.25) is 5.91 Å². The van der Waals surface area contributed by atoms with E-state index in [1.165, 1.54) is 17.9 Å². The van der Waals surface area contributed by atoms with Gasteiger partial charge in [-0.1, -0.05) is 6.92 Å². The highest BCUT2D eigenvalue weighted by Gasteiger charge is 2.04. The van der Waals surface area contributed by atoms with Crippen LogP contribution in [0.4, 0.5) is 0 Å². The smallest absolute Gasteiger partial charge is 0.221 e. The highest BCUT2D eigenvalue weighted by atomic mass is 32.2. The second-order valence-electron chi connectivity index (χ2n) is 4.31. The van der Waals surface area contributed by atoms with Gasteiger partial charge in [-0.05, 0) is 38.7 Å². The molecule has 0 aliphatic heterocycles. The molecule has 96 valence electrons. The number of rotatable bonds is 9. The minimum Gasteiger partial charge on any atom is -0.354 e. The Hall–Kier alpha value is -0.220. The van der Waals surface area contributed by atoms with Gasteiger partial charge in [0.1, 0.15) is 0 Å². The Bertz CT molecular complexity index is 186. The van der Waals surface area contributed by atoms with Gasteiger partial charge < -0.3 is 10.6 Å². The minimum atomic E-state index is 0.137. The van der Waals surface area contributed by atoms with Crippen LogP contribution in [0.2, 0.25) is 0 Å². The standard InChI is InChI=1S/C12H26N2OS/c1-5-16-9-7-11(4)13-8-6-12(15)14-10(2)3/h10-11,13H,5-9H2,1-4H3,(H,14,15). The van der Waals surface area contributed by atoms with Crippen LogP contribution in [0, 0.1) is 0 Å². The summed E-state index contributed by atoms with van der Waals surface area (Å²) in [6.07, 6.45) is 1.74. The largest absolute Gasteiger partial charge is 0.354 e. The van der Waals surface area contributed by atoms with E-state index in [4.69, 9.17) is 0 Å². The molecular weight excluding hydrogens is 220 g/mol. The van der Waals surface area contributed by atoms with Gasteiger partial charge in [0, 0.05) is 25.0 Å². The first-order valence-corrected chi connectivity index (χ1v) is 7.32. The lowest BCUT2D eigenvalue weighted by Gasteiger charge is -2.13. The maximum absolute atomic E-state index is 11.3. The van der Waals surface area contributed by atoms with E-state index in [-0.39, 0.29) is 11.9 Å². The molecule has 0 aromatic heterocycles. The van der Waals surface area contributed by atoms with Crippen molar-refractivity contribution in [1.82, 2.24) is 10.6 Å². The zero-order chi connectivity index (χ0) is 12.4. The van der Waals surface area contributed by atoms with E-state index in [1.54, 1.807) is 0 Å². The minimum absolute atomic E-state index is 0.137.